The second-order valence-corrected chi connectivity index (χ2v) is 15.1. The number of hydrogen-bond acceptors (Lipinski definition) is 1. The Kier molecular flexibility index (Phi) is 7.86. The van der Waals surface area contributed by atoms with Crippen molar-refractivity contribution in [2.45, 2.75) is 11.3 Å². The van der Waals surface area contributed by atoms with Crippen LogP contribution in [0.4, 0.5) is 0 Å². The molecule has 9 aromatic carbocycles. The molecule has 268 valence electrons. The molecule has 1 unspecified atom stereocenters. The molecular formula is C56H38O. The number of para-hydroxylation sites is 1. The standard InChI is InChI=1S/C56H38O/c1-4-17-38(18-5-1)39-33-35-41(36-34-39)53(40-19-6-2-7-20-40)43-22-14-21-42(37-43)45-27-16-32-52-54(45)48-28-15-31-51(55(48)57-52)56(44-23-8-3-9-24-44)49-29-12-10-25-46(49)47-26-11-13-30-50(47)56/h1-37,53H. The SMILES string of the molecule is c1ccc(-c2ccc(C(c3ccccc3)c3cccc(-c4cccc5oc6c(C7(c8ccccc8)c8ccccc8-c8ccccc87)cccc6c45)c3)cc2)cc1. The molecule has 0 aliphatic heterocycles. The van der Waals surface area contributed by atoms with Crippen LogP contribution in [0.3, 0.4) is 0 Å². The van der Waals surface area contributed by atoms with E-state index in [0.717, 1.165) is 33.1 Å². The van der Waals surface area contributed by atoms with Gasteiger partial charge in [0.05, 0.1) is 5.41 Å². The highest BCUT2D eigenvalue weighted by atomic mass is 16.3. The van der Waals surface area contributed by atoms with Gasteiger partial charge in [0.1, 0.15) is 11.2 Å². The summed E-state index contributed by atoms with van der Waals surface area (Å²) in [6.45, 7) is 0. The maximum atomic E-state index is 7.10. The molecular weight excluding hydrogens is 689 g/mol. The smallest absolute Gasteiger partial charge is 0.140 e. The van der Waals surface area contributed by atoms with Crippen molar-refractivity contribution in [1.82, 2.24) is 0 Å². The van der Waals surface area contributed by atoms with Gasteiger partial charge in [0, 0.05) is 22.3 Å². The van der Waals surface area contributed by atoms with Crippen molar-refractivity contribution < 1.29 is 4.42 Å². The van der Waals surface area contributed by atoms with Crippen LogP contribution in [-0.4, -0.2) is 0 Å². The van der Waals surface area contributed by atoms with E-state index in [2.05, 4.69) is 224 Å². The summed E-state index contributed by atoms with van der Waals surface area (Å²) in [6, 6.07) is 81.7. The topological polar surface area (TPSA) is 13.1 Å². The summed E-state index contributed by atoms with van der Waals surface area (Å²) in [5.74, 6) is 0.0658. The Morgan fingerprint density at radius 2 is 0.860 bits per heavy atom. The molecule has 1 aliphatic carbocycles. The third-order valence-corrected chi connectivity index (χ3v) is 12.1. The third-order valence-electron chi connectivity index (χ3n) is 12.1. The maximum absolute atomic E-state index is 7.10. The van der Waals surface area contributed by atoms with Crippen LogP contribution in [0.2, 0.25) is 0 Å². The van der Waals surface area contributed by atoms with E-state index in [1.54, 1.807) is 0 Å². The highest BCUT2D eigenvalue weighted by Gasteiger charge is 2.47. The average molecular weight is 727 g/mol. The normalized spacial score (nSPS) is 13.3. The van der Waals surface area contributed by atoms with Crippen LogP contribution < -0.4 is 0 Å². The predicted molar refractivity (Wildman–Crippen MR) is 236 cm³/mol. The molecule has 1 aromatic heterocycles. The molecule has 10 aromatic rings. The quantitative estimate of drug-likeness (QED) is 0.149. The number of benzene rings is 9. The Bertz CT molecular complexity index is 3000. The van der Waals surface area contributed by atoms with E-state index in [0.29, 0.717) is 0 Å². The summed E-state index contributed by atoms with van der Waals surface area (Å²) in [4.78, 5) is 0. The minimum Gasteiger partial charge on any atom is -0.456 e. The minimum atomic E-state index is -0.555. The van der Waals surface area contributed by atoms with Crippen molar-refractivity contribution >= 4 is 21.9 Å². The summed E-state index contributed by atoms with van der Waals surface area (Å²) in [7, 11) is 0. The lowest BCUT2D eigenvalue weighted by molar-refractivity contribution is 0.648. The van der Waals surface area contributed by atoms with Gasteiger partial charge in [-0.25, -0.2) is 0 Å². The third kappa shape index (κ3) is 5.24. The van der Waals surface area contributed by atoms with E-state index in [-0.39, 0.29) is 5.92 Å². The zero-order valence-corrected chi connectivity index (χ0v) is 31.3. The Balaban J connectivity index is 1.10. The molecule has 1 nitrogen and oxygen atoms in total. The van der Waals surface area contributed by atoms with Crippen LogP contribution in [-0.2, 0) is 5.41 Å². The van der Waals surface area contributed by atoms with Crippen LogP contribution in [0.5, 0.6) is 0 Å². The van der Waals surface area contributed by atoms with Crippen molar-refractivity contribution in [3.63, 3.8) is 0 Å². The molecule has 0 fully saturated rings. The van der Waals surface area contributed by atoms with E-state index < -0.39 is 5.41 Å². The van der Waals surface area contributed by atoms with E-state index in [1.807, 2.05) is 0 Å². The largest absolute Gasteiger partial charge is 0.456 e. The van der Waals surface area contributed by atoms with Crippen molar-refractivity contribution in [1.29, 1.82) is 0 Å². The fourth-order valence-electron chi connectivity index (χ4n) is 9.67. The first-order valence-electron chi connectivity index (χ1n) is 19.8. The molecule has 0 amide bonds. The minimum absolute atomic E-state index is 0.0658. The van der Waals surface area contributed by atoms with Gasteiger partial charge < -0.3 is 4.42 Å². The van der Waals surface area contributed by atoms with Gasteiger partial charge in [0.15, 0.2) is 0 Å². The van der Waals surface area contributed by atoms with Crippen LogP contribution in [0.25, 0.3) is 55.3 Å². The van der Waals surface area contributed by atoms with Gasteiger partial charge in [-0.2, -0.15) is 0 Å². The fourth-order valence-corrected chi connectivity index (χ4v) is 9.67. The molecule has 0 bridgehead atoms. The van der Waals surface area contributed by atoms with Crippen molar-refractivity contribution in [2.75, 3.05) is 0 Å². The molecule has 11 rings (SSSR count). The number of rotatable bonds is 7. The zero-order chi connectivity index (χ0) is 37.8. The molecule has 57 heavy (non-hydrogen) atoms. The Hall–Kier alpha value is -7.22. The predicted octanol–water partition coefficient (Wildman–Crippen LogP) is 14.5. The Labute approximate surface area is 333 Å². The van der Waals surface area contributed by atoms with Crippen LogP contribution >= 0.6 is 0 Å². The summed E-state index contributed by atoms with van der Waals surface area (Å²) in [5.41, 5.74) is 17.3. The van der Waals surface area contributed by atoms with Crippen LogP contribution in [0, 0.1) is 0 Å². The molecule has 0 saturated heterocycles. The number of fused-ring (bicyclic) bond motifs is 6. The van der Waals surface area contributed by atoms with Crippen molar-refractivity contribution in [3.05, 3.63) is 263 Å². The van der Waals surface area contributed by atoms with Crippen molar-refractivity contribution in [3.8, 4) is 33.4 Å². The van der Waals surface area contributed by atoms with Gasteiger partial charge in [-0.3, -0.25) is 0 Å². The van der Waals surface area contributed by atoms with E-state index in [9.17, 15) is 0 Å². The van der Waals surface area contributed by atoms with Gasteiger partial charge in [-0.05, 0) is 72.8 Å². The van der Waals surface area contributed by atoms with Crippen LogP contribution in [0.1, 0.15) is 44.9 Å². The molecule has 0 N–H and O–H groups in total. The first-order chi connectivity index (χ1) is 28.3. The van der Waals surface area contributed by atoms with Gasteiger partial charge in [0.2, 0.25) is 0 Å². The maximum Gasteiger partial charge on any atom is 0.140 e. The molecule has 1 heteroatoms. The monoisotopic (exact) mass is 726 g/mol. The second kappa shape index (κ2) is 13.5. The van der Waals surface area contributed by atoms with E-state index in [4.69, 9.17) is 4.42 Å². The van der Waals surface area contributed by atoms with Crippen molar-refractivity contribution in [2.24, 2.45) is 0 Å². The fraction of sp³-hybridized carbons (Fsp3) is 0.0357. The van der Waals surface area contributed by atoms with Gasteiger partial charge in [0.25, 0.3) is 0 Å². The van der Waals surface area contributed by atoms with E-state index in [1.165, 1.54) is 61.2 Å². The molecule has 0 saturated carbocycles. The van der Waals surface area contributed by atoms with Crippen LogP contribution in [0.15, 0.2) is 229 Å². The van der Waals surface area contributed by atoms with Gasteiger partial charge >= 0.3 is 0 Å². The second-order valence-electron chi connectivity index (χ2n) is 15.1. The molecule has 1 aliphatic rings. The summed E-state index contributed by atoms with van der Waals surface area (Å²) >= 11 is 0. The summed E-state index contributed by atoms with van der Waals surface area (Å²) in [5, 5.41) is 2.26. The summed E-state index contributed by atoms with van der Waals surface area (Å²) in [6.07, 6.45) is 0. The molecule has 0 spiro atoms. The lowest BCUT2D eigenvalue weighted by Crippen LogP contribution is -2.28. The highest BCUT2D eigenvalue weighted by Crippen LogP contribution is 2.57. The lowest BCUT2D eigenvalue weighted by Gasteiger charge is -2.33. The zero-order valence-electron chi connectivity index (χ0n) is 31.3. The average Bonchev–Trinajstić information content (AvgIpc) is 3.82. The molecule has 0 radical (unpaired) electrons. The Morgan fingerprint density at radius 3 is 1.58 bits per heavy atom. The van der Waals surface area contributed by atoms with E-state index >= 15 is 0 Å². The highest BCUT2D eigenvalue weighted by molar-refractivity contribution is 6.13. The molecule has 1 atom stereocenters. The summed E-state index contributed by atoms with van der Waals surface area (Å²) < 4.78 is 7.10. The lowest BCUT2D eigenvalue weighted by atomic mass is 9.67. The first-order valence-corrected chi connectivity index (χ1v) is 19.8. The molecule has 1 heterocycles. The van der Waals surface area contributed by atoms with Gasteiger partial charge in [-0.15, -0.1) is 0 Å². The van der Waals surface area contributed by atoms with Gasteiger partial charge in [-0.1, -0.05) is 218 Å². The Morgan fingerprint density at radius 1 is 0.351 bits per heavy atom. The number of furan rings is 1. The number of hydrogen-bond donors (Lipinski definition) is 0. The first kappa shape index (κ1) is 33.1.